The molecule has 0 saturated carbocycles. The number of benzene rings is 2. The van der Waals surface area contributed by atoms with E-state index in [1.165, 1.54) is 8.61 Å². The predicted octanol–water partition coefficient (Wildman–Crippen LogP) is 2.44. The average Bonchev–Trinajstić information content (AvgIpc) is 2.96. The molecule has 0 unspecified atom stereocenters. The van der Waals surface area contributed by atoms with E-state index in [4.69, 9.17) is 16.3 Å². The molecular formula is C20H22ClN3O4S. The van der Waals surface area contributed by atoms with E-state index < -0.39 is 10.2 Å². The van der Waals surface area contributed by atoms with E-state index in [0.29, 0.717) is 36.2 Å². The van der Waals surface area contributed by atoms with Crippen LogP contribution in [0.2, 0.25) is 5.02 Å². The average molecular weight is 436 g/mol. The van der Waals surface area contributed by atoms with Crippen LogP contribution in [0.25, 0.3) is 0 Å². The third kappa shape index (κ3) is 3.98. The summed E-state index contributed by atoms with van der Waals surface area (Å²) in [5.74, 6) is 0.378. The minimum Gasteiger partial charge on any atom is -0.490 e. The van der Waals surface area contributed by atoms with Crippen LogP contribution in [-0.2, 0) is 21.5 Å². The molecule has 0 bridgehead atoms. The van der Waals surface area contributed by atoms with E-state index >= 15 is 0 Å². The number of amides is 1. The van der Waals surface area contributed by atoms with Crippen molar-refractivity contribution >= 4 is 33.4 Å². The van der Waals surface area contributed by atoms with Crippen LogP contribution in [0.3, 0.4) is 0 Å². The molecule has 0 aromatic heterocycles. The first kappa shape index (κ1) is 20.2. The summed E-state index contributed by atoms with van der Waals surface area (Å²) in [5.41, 5.74) is 2.43. The number of fused-ring (bicyclic) bond motifs is 1. The fourth-order valence-corrected chi connectivity index (χ4v) is 5.30. The lowest BCUT2D eigenvalue weighted by atomic mass is 10.1. The van der Waals surface area contributed by atoms with Crippen LogP contribution >= 0.6 is 11.6 Å². The van der Waals surface area contributed by atoms with Crippen LogP contribution in [0, 0.1) is 6.92 Å². The fraction of sp³-hybridized carbons (Fsp3) is 0.350. The number of hydrogen-bond donors (Lipinski definition) is 0. The number of hydrogen-bond acceptors (Lipinski definition) is 4. The maximum absolute atomic E-state index is 13.0. The SMILES string of the molecule is Cc1ccc2c(c1)N(C(=O)CN1CCN(Cc3ccccc3Cl)S1(=O)=O)CCO2. The molecule has 0 radical (unpaired) electrons. The molecule has 1 amide bonds. The van der Waals surface area contributed by atoms with Crippen LogP contribution < -0.4 is 9.64 Å². The lowest BCUT2D eigenvalue weighted by Crippen LogP contribution is -2.45. The Kier molecular flexibility index (Phi) is 5.52. The molecule has 0 spiro atoms. The minimum absolute atomic E-state index is 0.187. The first-order valence-corrected chi connectivity index (χ1v) is 11.2. The molecule has 154 valence electrons. The first-order valence-electron chi connectivity index (χ1n) is 9.39. The van der Waals surface area contributed by atoms with Crippen molar-refractivity contribution in [1.82, 2.24) is 8.61 Å². The largest absolute Gasteiger partial charge is 0.490 e. The Morgan fingerprint density at radius 3 is 2.66 bits per heavy atom. The van der Waals surface area contributed by atoms with Gasteiger partial charge in [0.05, 0.1) is 18.8 Å². The van der Waals surface area contributed by atoms with Crippen molar-refractivity contribution in [2.75, 3.05) is 37.7 Å². The number of anilines is 1. The van der Waals surface area contributed by atoms with Crippen molar-refractivity contribution in [3.63, 3.8) is 0 Å². The Hall–Kier alpha value is -2.13. The van der Waals surface area contributed by atoms with Crippen molar-refractivity contribution in [1.29, 1.82) is 0 Å². The predicted molar refractivity (Wildman–Crippen MR) is 111 cm³/mol. The second-order valence-electron chi connectivity index (χ2n) is 7.13. The molecule has 9 heteroatoms. The van der Waals surface area contributed by atoms with Gasteiger partial charge in [0.1, 0.15) is 12.4 Å². The summed E-state index contributed by atoms with van der Waals surface area (Å²) < 4.78 is 34.1. The van der Waals surface area contributed by atoms with E-state index in [-0.39, 0.29) is 25.5 Å². The summed E-state index contributed by atoms with van der Waals surface area (Å²) in [6, 6.07) is 12.8. The molecule has 4 rings (SSSR count). The molecule has 0 N–H and O–H groups in total. The Labute approximate surface area is 175 Å². The van der Waals surface area contributed by atoms with Crippen LogP contribution in [0.15, 0.2) is 42.5 Å². The summed E-state index contributed by atoms with van der Waals surface area (Å²) in [5, 5.41) is 0.525. The highest BCUT2D eigenvalue weighted by atomic mass is 35.5. The van der Waals surface area contributed by atoms with E-state index in [2.05, 4.69) is 0 Å². The van der Waals surface area contributed by atoms with E-state index in [9.17, 15) is 13.2 Å². The van der Waals surface area contributed by atoms with Gasteiger partial charge in [0.25, 0.3) is 10.2 Å². The van der Waals surface area contributed by atoms with Crippen LogP contribution in [0.5, 0.6) is 5.75 Å². The van der Waals surface area contributed by atoms with Gasteiger partial charge in [0, 0.05) is 24.7 Å². The van der Waals surface area contributed by atoms with Crippen LogP contribution in [0.4, 0.5) is 5.69 Å². The van der Waals surface area contributed by atoms with Gasteiger partial charge in [-0.1, -0.05) is 35.9 Å². The number of aryl methyl sites for hydroxylation is 1. The van der Waals surface area contributed by atoms with Crippen LogP contribution in [0.1, 0.15) is 11.1 Å². The molecule has 2 aromatic carbocycles. The van der Waals surface area contributed by atoms with Crippen molar-refractivity contribution in [2.24, 2.45) is 0 Å². The van der Waals surface area contributed by atoms with Gasteiger partial charge >= 0.3 is 0 Å². The van der Waals surface area contributed by atoms with Gasteiger partial charge in [0.2, 0.25) is 5.91 Å². The highest BCUT2D eigenvalue weighted by Gasteiger charge is 2.39. The summed E-state index contributed by atoms with van der Waals surface area (Å²) in [6.07, 6.45) is 0. The van der Waals surface area contributed by atoms with Crippen LogP contribution in [-0.4, -0.2) is 55.7 Å². The van der Waals surface area contributed by atoms with Gasteiger partial charge in [-0.2, -0.15) is 17.0 Å². The zero-order valence-corrected chi connectivity index (χ0v) is 17.6. The minimum atomic E-state index is -3.73. The number of carbonyl (C=O) groups is 1. The molecule has 2 aliphatic rings. The standard InChI is InChI=1S/C20H22ClN3O4S/c1-15-6-7-19-18(12-15)24(10-11-28-19)20(25)14-23-9-8-22(29(23,26)27)13-16-4-2-3-5-17(16)21/h2-7,12H,8-11,13-14H2,1H3. The number of halogens is 1. The van der Waals surface area contributed by atoms with Gasteiger partial charge in [-0.3, -0.25) is 4.79 Å². The Morgan fingerprint density at radius 2 is 1.86 bits per heavy atom. The number of ether oxygens (including phenoxy) is 1. The zero-order chi connectivity index (χ0) is 20.6. The third-order valence-electron chi connectivity index (χ3n) is 5.15. The van der Waals surface area contributed by atoms with Crippen molar-refractivity contribution < 1.29 is 17.9 Å². The fourth-order valence-electron chi connectivity index (χ4n) is 3.58. The highest BCUT2D eigenvalue weighted by Crippen LogP contribution is 2.33. The Morgan fingerprint density at radius 1 is 1.10 bits per heavy atom. The molecule has 29 heavy (non-hydrogen) atoms. The molecule has 1 fully saturated rings. The molecule has 2 heterocycles. The van der Waals surface area contributed by atoms with Crippen molar-refractivity contribution in [3.05, 3.63) is 58.6 Å². The number of nitrogens with zero attached hydrogens (tertiary/aromatic N) is 3. The normalized spacial score (nSPS) is 19.0. The molecule has 7 nitrogen and oxygen atoms in total. The lowest BCUT2D eigenvalue weighted by molar-refractivity contribution is -0.119. The molecule has 1 saturated heterocycles. The zero-order valence-electron chi connectivity index (χ0n) is 16.0. The molecular weight excluding hydrogens is 414 g/mol. The number of rotatable bonds is 4. The quantitative estimate of drug-likeness (QED) is 0.739. The van der Waals surface area contributed by atoms with Crippen molar-refractivity contribution in [2.45, 2.75) is 13.5 Å². The topological polar surface area (TPSA) is 70.2 Å². The summed E-state index contributed by atoms with van der Waals surface area (Å²) in [6.45, 7) is 3.29. The van der Waals surface area contributed by atoms with Gasteiger partial charge in [-0.05, 0) is 36.2 Å². The summed E-state index contributed by atoms with van der Waals surface area (Å²) in [4.78, 5) is 14.6. The van der Waals surface area contributed by atoms with Crippen molar-refractivity contribution in [3.8, 4) is 5.75 Å². The first-order chi connectivity index (χ1) is 13.9. The second kappa shape index (κ2) is 7.95. The summed E-state index contributed by atoms with van der Waals surface area (Å²) in [7, 11) is -3.73. The third-order valence-corrected chi connectivity index (χ3v) is 7.44. The van der Waals surface area contributed by atoms with E-state index in [1.54, 1.807) is 23.1 Å². The maximum Gasteiger partial charge on any atom is 0.282 e. The smallest absolute Gasteiger partial charge is 0.282 e. The van der Waals surface area contributed by atoms with E-state index in [0.717, 1.165) is 11.1 Å². The Balaban J connectivity index is 1.49. The van der Waals surface area contributed by atoms with Gasteiger partial charge in [-0.25, -0.2) is 0 Å². The summed E-state index contributed by atoms with van der Waals surface area (Å²) >= 11 is 6.17. The number of carbonyl (C=O) groups excluding carboxylic acids is 1. The second-order valence-corrected chi connectivity index (χ2v) is 9.47. The molecule has 0 aliphatic carbocycles. The maximum atomic E-state index is 13.0. The highest BCUT2D eigenvalue weighted by molar-refractivity contribution is 7.87. The van der Waals surface area contributed by atoms with Gasteiger partial charge in [-0.15, -0.1) is 0 Å². The molecule has 2 aliphatic heterocycles. The van der Waals surface area contributed by atoms with E-state index in [1.807, 2.05) is 31.2 Å². The monoisotopic (exact) mass is 435 g/mol. The van der Waals surface area contributed by atoms with Gasteiger partial charge in [0.15, 0.2) is 0 Å². The molecule has 2 aromatic rings. The lowest BCUT2D eigenvalue weighted by Gasteiger charge is -2.31. The molecule has 0 atom stereocenters. The Bertz CT molecular complexity index is 1040. The van der Waals surface area contributed by atoms with Gasteiger partial charge < -0.3 is 9.64 Å².